The second-order valence-electron chi connectivity index (χ2n) is 4.90. The van der Waals surface area contributed by atoms with Gasteiger partial charge in [0, 0.05) is 37.4 Å². The SMILES string of the molecule is CCN(CC)c1ccc(N2C[C@H](C(=O)Cl)CC2=O)cc1. The molecule has 0 radical (unpaired) electrons. The highest BCUT2D eigenvalue weighted by Crippen LogP contribution is 2.28. The van der Waals surface area contributed by atoms with Crippen LogP contribution in [0.15, 0.2) is 24.3 Å². The lowest BCUT2D eigenvalue weighted by Crippen LogP contribution is -2.25. The molecule has 1 atom stereocenters. The van der Waals surface area contributed by atoms with Crippen LogP contribution in [0.5, 0.6) is 0 Å². The van der Waals surface area contributed by atoms with Crippen molar-refractivity contribution in [1.29, 1.82) is 0 Å². The van der Waals surface area contributed by atoms with Crippen molar-refractivity contribution >= 4 is 34.1 Å². The summed E-state index contributed by atoms with van der Waals surface area (Å²) in [7, 11) is 0. The molecule has 1 heterocycles. The van der Waals surface area contributed by atoms with Gasteiger partial charge in [-0.25, -0.2) is 0 Å². The Kier molecular flexibility index (Phi) is 4.65. The van der Waals surface area contributed by atoms with Crippen LogP contribution in [-0.4, -0.2) is 30.8 Å². The molecule has 0 aliphatic carbocycles. The minimum atomic E-state index is -0.430. The van der Waals surface area contributed by atoms with Gasteiger partial charge in [0.2, 0.25) is 11.1 Å². The maximum atomic E-state index is 11.9. The highest BCUT2D eigenvalue weighted by atomic mass is 35.5. The summed E-state index contributed by atoms with van der Waals surface area (Å²) in [4.78, 5) is 27.0. The number of halogens is 1. The Morgan fingerprint density at radius 3 is 2.35 bits per heavy atom. The fraction of sp³-hybridized carbons (Fsp3) is 0.467. The molecule has 1 fully saturated rings. The first kappa shape index (κ1) is 14.9. The number of amides is 1. The van der Waals surface area contributed by atoms with Crippen LogP contribution in [0.4, 0.5) is 11.4 Å². The van der Waals surface area contributed by atoms with E-state index in [0.717, 1.165) is 24.5 Å². The monoisotopic (exact) mass is 294 g/mol. The molecule has 0 bridgehead atoms. The first-order chi connectivity index (χ1) is 9.56. The Labute approximate surface area is 124 Å². The molecule has 0 spiro atoms. The van der Waals surface area contributed by atoms with Gasteiger partial charge < -0.3 is 9.80 Å². The van der Waals surface area contributed by atoms with E-state index in [1.807, 2.05) is 24.3 Å². The predicted molar refractivity (Wildman–Crippen MR) is 81.3 cm³/mol. The number of rotatable bonds is 5. The van der Waals surface area contributed by atoms with Crippen LogP contribution in [0.2, 0.25) is 0 Å². The molecular weight excluding hydrogens is 276 g/mol. The standard InChI is InChI=1S/C15H19ClN2O2/c1-3-17(4-2)12-5-7-13(8-6-12)18-10-11(15(16)20)9-14(18)19/h5-8,11H,3-4,9-10H2,1-2H3/t11-/m1/s1. The quantitative estimate of drug-likeness (QED) is 0.784. The van der Waals surface area contributed by atoms with Crippen LogP contribution in [0.25, 0.3) is 0 Å². The second kappa shape index (κ2) is 6.27. The van der Waals surface area contributed by atoms with Gasteiger partial charge in [-0.3, -0.25) is 9.59 Å². The molecule has 1 aliphatic rings. The van der Waals surface area contributed by atoms with Crippen molar-refractivity contribution in [3.63, 3.8) is 0 Å². The van der Waals surface area contributed by atoms with E-state index >= 15 is 0 Å². The van der Waals surface area contributed by atoms with Crippen molar-refractivity contribution in [2.24, 2.45) is 5.92 Å². The Morgan fingerprint density at radius 2 is 1.90 bits per heavy atom. The first-order valence-corrected chi connectivity index (χ1v) is 7.29. The van der Waals surface area contributed by atoms with Crippen molar-refractivity contribution in [2.45, 2.75) is 20.3 Å². The van der Waals surface area contributed by atoms with E-state index in [0.29, 0.717) is 6.54 Å². The van der Waals surface area contributed by atoms with Crippen molar-refractivity contribution in [1.82, 2.24) is 0 Å². The zero-order chi connectivity index (χ0) is 14.7. The van der Waals surface area contributed by atoms with E-state index in [-0.39, 0.29) is 18.2 Å². The normalized spacial score (nSPS) is 18.4. The van der Waals surface area contributed by atoms with Crippen molar-refractivity contribution < 1.29 is 9.59 Å². The van der Waals surface area contributed by atoms with Gasteiger partial charge in [-0.05, 0) is 49.7 Å². The lowest BCUT2D eigenvalue weighted by Gasteiger charge is -2.22. The molecule has 1 saturated heterocycles. The summed E-state index contributed by atoms with van der Waals surface area (Å²) in [6.45, 7) is 6.49. The van der Waals surface area contributed by atoms with Crippen LogP contribution in [-0.2, 0) is 9.59 Å². The van der Waals surface area contributed by atoms with Gasteiger partial charge in [0.1, 0.15) is 0 Å². The summed E-state index contributed by atoms with van der Waals surface area (Å²) in [5, 5.41) is -0.430. The number of carbonyl (C=O) groups is 2. The van der Waals surface area contributed by atoms with Crippen LogP contribution in [0.3, 0.4) is 0 Å². The molecule has 1 aliphatic heterocycles. The molecule has 2 rings (SSSR count). The predicted octanol–water partition coefficient (Wildman–Crippen LogP) is 2.65. The molecule has 0 aromatic heterocycles. The molecule has 4 nitrogen and oxygen atoms in total. The molecule has 1 aromatic carbocycles. The van der Waals surface area contributed by atoms with Crippen LogP contribution in [0, 0.1) is 5.92 Å². The molecule has 20 heavy (non-hydrogen) atoms. The lowest BCUT2D eigenvalue weighted by atomic mass is 10.1. The van der Waals surface area contributed by atoms with Gasteiger partial charge in [-0.2, -0.15) is 0 Å². The Balaban J connectivity index is 2.14. The third-order valence-corrected chi connectivity index (χ3v) is 4.04. The zero-order valence-electron chi connectivity index (χ0n) is 11.8. The summed E-state index contributed by atoms with van der Waals surface area (Å²) in [5.74, 6) is -0.425. The fourth-order valence-corrected chi connectivity index (χ4v) is 2.69. The molecule has 1 amide bonds. The third-order valence-electron chi connectivity index (χ3n) is 3.74. The fourth-order valence-electron chi connectivity index (χ4n) is 2.54. The molecule has 0 saturated carbocycles. The molecular formula is C15H19ClN2O2. The summed E-state index contributed by atoms with van der Waals surface area (Å²) < 4.78 is 0. The summed E-state index contributed by atoms with van der Waals surface area (Å²) >= 11 is 5.48. The van der Waals surface area contributed by atoms with Crippen LogP contribution < -0.4 is 9.80 Å². The number of anilines is 2. The zero-order valence-corrected chi connectivity index (χ0v) is 12.6. The van der Waals surface area contributed by atoms with Gasteiger partial charge in [0.05, 0.1) is 5.92 Å². The number of carbonyl (C=O) groups excluding carboxylic acids is 2. The van der Waals surface area contributed by atoms with Crippen molar-refractivity contribution in [2.75, 3.05) is 29.4 Å². The van der Waals surface area contributed by atoms with Crippen molar-refractivity contribution in [3.05, 3.63) is 24.3 Å². The Hall–Kier alpha value is -1.55. The van der Waals surface area contributed by atoms with Crippen LogP contribution >= 0.6 is 11.6 Å². The topological polar surface area (TPSA) is 40.6 Å². The van der Waals surface area contributed by atoms with E-state index in [4.69, 9.17) is 11.6 Å². The van der Waals surface area contributed by atoms with Crippen LogP contribution in [0.1, 0.15) is 20.3 Å². The van der Waals surface area contributed by atoms with Gasteiger partial charge in [0.25, 0.3) is 0 Å². The smallest absolute Gasteiger partial charge is 0.227 e. The van der Waals surface area contributed by atoms with E-state index in [9.17, 15) is 9.59 Å². The van der Waals surface area contributed by atoms with E-state index in [2.05, 4.69) is 18.7 Å². The number of nitrogens with zero attached hydrogens (tertiary/aromatic N) is 2. The van der Waals surface area contributed by atoms with Gasteiger partial charge in [0.15, 0.2) is 0 Å². The van der Waals surface area contributed by atoms with E-state index in [1.54, 1.807) is 4.90 Å². The highest BCUT2D eigenvalue weighted by Gasteiger charge is 2.34. The minimum Gasteiger partial charge on any atom is -0.372 e. The maximum absolute atomic E-state index is 11.9. The molecule has 0 unspecified atom stereocenters. The summed E-state index contributed by atoms with van der Waals surface area (Å²) in [5.41, 5.74) is 1.96. The van der Waals surface area contributed by atoms with Gasteiger partial charge in [-0.1, -0.05) is 0 Å². The van der Waals surface area contributed by atoms with Gasteiger partial charge in [-0.15, -0.1) is 0 Å². The second-order valence-corrected chi connectivity index (χ2v) is 5.27. The highest BCUT2D eigenvalue weighted by molar-refractivity contribution is 6.64. The minimum absolute atomic E-state index is 0.0420. The summed E-state index contributed by atoms with van der Waals surface area (Å²) in [6, 6.07) is 7.86. The van der Waals surface area contributed by atoms with E-state index < -0.39 is 5.24 Å². The molecule has 5 heteroatoms. The average molecular weight is 295 g/mol. The van der Waals surface area contributed by atoms with E-state index in [1.165, 1.54) is 0 Å². The lowest BCUT2D eigenvalue weighted by molar-refractivity contribution is -0.120. The third kappa shape index (κ3) is 2.96. The molecule has 1 aromatic rings. The average Bonchev–Trinajstić information content (AvgIpc) is 2.83. The number of hydrogen-bond donors (Lipinski definition) is 0. The summed E-state index contributed by atoms with van der Waals surface area (Å²) in [6.07, 6.45) is 0.208. The number of benzene rings is 1. The number of hydrogen-bond acceptors (Lipinski definition) is 3. The van der Waals surface area contributed by atoms with Crippen molar-refractivity contribution in [3.8, 4) is 0 Å². The first-order valence-electron chi connectivity index (χ1n) is 6.91. The Morgan fingerprint density at radius 1 is 1.30 bits per heavy atom. The largest absolute Gasteiger partial charge is 0.372 e. The Bertz CT molecular complexity index is 497. The maximum Gasteiger partial charge on any atom is 0.227 e. The van der Waals surface area contributed by atoms with Gasteiger partial charge >= 0.3 is 0 Å². The molecule has 0 N–H and O–H groups in total. The molecule has 108 valence electrons.